The summed E-state index contributed by atoms with van der Waals surface area (Å²) in [5.41, 5.74) is 1.62. The summed E-state index contributed by atoms with van der Waals surface area (Å²) in [5.74, 6) is -0.0531. The lowest BCUT2D eigenvalue weighted by molar-refractivity contribution is -0.0497. The summed E-state index contributed by atoms with van der Waals surface area (Å²) in [6.07, 6.45) is 0. The van der Waals surface area contributed by atoms with Crippen LogP contribution in [-0.2, 0) is 0 Å². The highest BCUT2D eigenvalue weighted by molar-refractivity contribution is 6.32. The first-order valence-corrected chi connectivity index (χ1v) is 6.98. The lowest BCUT2D eigenvalue weighted by Crippen LogP contribution is -2.07. The largest absolute Gasteiger partial charge is 0.433 e. The zero-order valence-electron chi connectivity index (χ0n) is 11.1. The van der Waals surface area contributed by atoms with Crippen LogP contribution in [0.4, 0.5) is 14.5 Å². The molecule has 0 spiro atoms. The maximum absolute atomic E-state index is 12.2. The maximum Gasteiger partial charge on any atom is 0.387 e. The first kappa shape index (κ1) is 15.9. The molecule has 0 saturated carbocycles. The van der Waals surface area contributed by atoms with E-state index in [1.165, 1.54) is 12.1 Å². The highest BCUT2D eigenvalue weighted by Gasteiger charge is 2.12. The van der Waals surface area contributed by atoms with Crippen molar-refractivity contribution in [2.24, 2.45) is 0 Å². The fourth-order valence-corrected chi connectivity index (χ4v) is 2.46. The first-order valence-electron chi connectivity index (χ1n) is 6.22. The van der Waals surface area contributed by atoms with Gasteiger partial charge in [0.05, 0.1) is 5.02 Å². The van der Waals surface area contributed by atoms with Crippen LogP contribution >= 0.6 is 23.2 Å². The Hall–Kier alpha value is -1.52. The van der Waals surface area contributed by atoms with Gasteiger partial charge in [-0.1, -0.05) is 41.4 Å². The van der Waals surface area contributed by atoms with Crippen molar-refractivity contribution < 1.29 is 13.5 Å². The third kappa shape index (κ3) is 4.22. The van der Waals surface area contributed by atoms with Crippen molar-refractivity contribution >= 4 is 28.9 Å². The normalized spacial score (nSPS) is 12.3. The van der Waals surface area contributed by atoms with Crippen molar-refractivity contribution in [1.82, 2.24) is 0 Å². The van der Waals surface area contributed by atoms with Crippen LogP contribution in [0.2, 0.25) is 10.0 Å². The monoisotopic (exact) mass is 331 g/mol. The molecule has 6 heteroatoms. The second-order valence-electron chi connectivity index (χ2n) is 4.41. The Balaban J connectivity index is 2.13. The van der Waals surface area contributed by atoms with Crippen LogP contribution in [0.25, 0.3) is 0 Å². The van der Waals surface area contributed by atoms with Crippen LogP contribution in [0.1, 0.15) is 18.5 Å². The minimum absolute atomic E-state index is 0.0531. The molecular weight excluding hydrogens is 319 g/mol. The average Bonchev–Trinajstić information content (AvgIpc) is 2.42. The molecule has 0 bridgehead atoms. The summed E-state index contributed by atoms with van der Waals surface area (Å²) in [6, 6.07) is 12.0. The van der Waals surface area contributed by atoms with Gasteiger partial charge in [-0.2, -0.15) is 8.78 Å². The van der Waals surface area contributed by atoms with Gasteiger partial charge in [0.1, 0.15) is 5.75 Å². The maximum atomic E-state index is 12.2. The third-order valence-electron chi connectivity index (χ3n) is 2.90. The van der Waals surface area contributed by atoms with Gasteiger partial charge < -0.3 is 10.1 Å². The second kappa shape index (κ2) is 6.96. The van der Waals surface area contributed by atoms with E-state index in [1.807, 2.05) is 31.2 Å². The molecule has 2 aromatic rings. The summed E-state index contributed by atoms with van der Waals surface area (Å²) in [6.45, 7) is -0.957. The van der Waals surface area contributed by atoms with Gasteiger partial charge in [-0.15, -0.1) is 0 Å². The number of rotatable bonds is 5. The molecule has 0 saturated heterocycles. The fourth-order valence-electron chi connectivity index (χ4n) is 1.94. The standard InChI is InChI=1S/C15H13Cl2F2NO/c1-9(11-4-2-3-5-12(11)16)20-10-6-7-14(13(17)8-10)21-15(18)19/h2-9,15,20H,1H3. The van der Waals surface area contributed by atoms with E-state index >= 15 is 0 Å². The summed E-state index contributed by atoms with van der Waals surface area (Å²) in [5, 5.41) is 3.98. The van der Waals surface area contributed by atoms with Crippen molar-refractivity contribution in [1.29, 1.82) is 0 Å². The van der Waals surface area contributed by atoms with Crippen LogP contribution in [0, 0.1) is 0 Å². The van der Waals surface area contributed by atoms with Crippen molar-refractivity contribution in [2.45, 2.75) is 19.6 Å². The van der Waals surface area contributed by atoms with Crippen molar-refractivity contribution in [3.8, 4) is 5.75 Å². The van der Waals surface area contributed by atoms with E-state index in [9.17, 15) is 8.78 Å². The number of nitrogens with one attached hydrogen (secondary N) is 1. The van der Waals surface area contributed by atoms with Gasteiger partial charge in [0.25, 0.3) is 0 Å². The Kier molecular flexibility index (Phi) is 5.26. The molecule has 112 valence electrons. The summed E-state index contributed by atoms with van der Waals surface area (Å²) in [4.78, 5) is 0. The Labute approximate surface area is 131 Å². The van der Waals surface area contributed by atoms with E-state index in [-0.39, 0.29) is 16.8 Å². The van der Waals surface area contributed by atoms with E-state index in [2.05, 4.69) is 10.1 Å². The molecule has 2 aromatic carbocycles. The number of benzene rings is 2. The molecule has 0 radical (unpaired) electrons. The van der Waals surface area contributed by atoms with Crippen molar-refractivity contribution in [3.63, 3.8) is 0 Å². The fraction of sp³-hybridized carbons (Fsp3) is 0.200. The molecule has 0 aliphatic heterocycles. The minimum Gasteiger partial charge on any atom is -0.433 e. The molecule has 1 N–H and O–H groups in total. The summed E-state index contributed by atoms with van der Waals surface area (Å²) in [7, 11) is 0. The number of halogens is 4. The van der Waals surface area contributed by atoms with Gasteiger partial charge >= 0.3 is 6.61 Å². The molecule has 0 aromatic heterocycles. The van der Waals surface area contributed by atoms with E-state index < -0.39 is 6.61 Å². The lowest BCUT2D eigenvalue weighted by atomic mass is 10.1. The van der Waals surface area contributed by atoms with Gasteiger partial charge in [0, 0.05) is 16.8 Å². The number of hydrogen-bond donors (Lipinski definition) is 1. The quantitative estimate of drug-likeness (QED) is 0.751. The molecule has 2 rings (SSSR count). The van der Waals surface area contributed by atoms with Crippen LogP contribution in [0.3, 0.4) is 0 Å². The van der Waals surface area contributed by atoms with Crippen LogP contribution < -0.4 is 10.1 Å². The number of ether oxygens (including phenoxy) is 1. The van der Waals surface area contributed by atoms with Crippen molar-refractivity contribution in [2.75, 3.05) is 5.32 Å². The zero-order valence-corrected chi connectivity index (χ0v) is 12.6. The molecule has 21 heavy (non-hydrogen) atoms. The number of anilines is 1. The van der Waals surface area contributed by atoms with E-state index in [0.717, 1.165) is 5.56 Å². The predicted octanol–water partition coefficient (Wildman–Crippen LogP) is 5.77. The van der Waals surface area contributed by atoms with Gasteiger partial charge in [-0.25, -0.2) is 0 Å². The molecule has 0 amide bonds. The van der Waals surface area contributed by atoms with Gasteiger partial charge in [0.2, 0.25) is 0 Å². The molecule has 0 fully saturated rings. The lowest BCUT2D eigenvalue weighted by Gasteiger charge is -2.17. The Morgan fingerprint density at radius 2 is 1.76 bits per heavy atom. The van der Waals surface area contributed by atoms with Gasteiger partial charge in [0.15, 0.2) is 0 Å². The van der Waals surface area contributed by atoms with Crippen LogP contribution in [0.5, 0.6) is 5.75 Å². The van der Waals surface area contributed by atoms with E-state index in [4.69, 9.17) is 23.2 Å². The SMILES string of the molecule is CC(Nc1ccc(OC(F)F)c(Cl)c1)c1ccccc1Cl. The molecular formula is C15H13Cl2F2NO. The molecule has 1 unspecified atom stereocenters. The van der Waals surface area contributed by atoms with E-state index in [0.29, 0.717) is 10.7 Å². The topological polar surface area (TPSA) is 21.3 Å². The zero-order chi connectivity index (χ0) is 15.4. The summed E-state index contributed by atoms with van der Waals surface area (Å²) < 4.78 is 28.6. The second-order valence-corrected chi connectivity index (χ2v) is 5.23. The van der Waals surface area contributed by atoms with Gasteiger partial charge in [-0.05, 0) is 36.8 Å². The Morgan fingerprint density at radius 1 is 1.05 bits per heavy atom. The third-order valence-corrected chi connectivity index (χ3v) is 3.54. The van der Waals surface area contributed by atoms with E-state index in [1.54, 1.807) is 6.07 Å². The summed E-state index contributed by atoms with van der Waals surface area (Å²) >= 11 is 12.0. The van der Waals surface area contributed by atoms with Crippen LogP contribution in [-0.4, -0.2) is 6.61 Å². The number of alkyl halides is 2. The van der Waals surface area contributed by atoms with Crippen LogP contribution in [0.15, 0.2) is 42.5 Å². The average molecular weight is 332 g/mol. The highest BCUT2D eigenvalue weighted by Crippen LogP contribution is 2.31. The number of hydrogen-bond acceptors (Lipinski definition) is 2. The minimum atomic E-state index is -2.90. The molecule has 1 atom stereocenters. The molecule has 0 heterocycles. The molecule has 2 nitrogen and oxygen atoms in total. The Morgan fingerprint density at radius 3 is 2.38 bits per heavy atom. The van der Waals surface area contributed by atoms with Crippen molar-refractivity contribution in [3.05, 3.63) is 58.1 Å². The molecule has 0 aliphatic rings. The van der Waals surface area contributed by atoms with Gasteiger partial charge in [-0.3, -0.25) is 0 Å². The highest BCUT2D eigenvalue weighted by atomic mass is 35.5. The molecule has 0 aliphatic carbocycles. The predicted molar refractivity (Wildman–Crippen MR) is 81.6 cm³/mol. The smallest absolute Gasteiger partial charge is 0.387 e. The first-order chi connectivity index (χ1) is 9.97. The Bertz CT molecular complexity index is 622.